The van der Waals surface area contributed by atoms with Gasteiger partial charge in [0.1, 0.15) is 11.6 Å². The van der Waals surface area contributed by atoms with Gasteiger partial charge in [0, 0.05) is 23.8 Å². The van der Waals surface area contributed by atoms with E-state index < -0.39 is 0 Å². The lowest BCUT2D eigenvalue weighted by Gasteiger charge is -2.13. The molecule has 1 aromatic heterocycles. The second-order valence-corrected chi connectivity index (χ2v) is 5.38. The number of hydrogen-bond acceptors (Lipinski definition) is 5. The van der Waals surface area contributed by atoms with E-state index in [1.807, 2.05) is 19.1 Å². The first kappa shape index (κ1) is 16.4. The predicted molar refractivity (Wildman–Crippen MR) is 91.5 cm³/mol. The molecule has 2 rings (SSSR count). The zero-order valence-electron chi connectivity index (χ0n) is 13.1. The Hall–Kier alpha value is -2.01. The molecule has 22 heavy (non-hydrogen) atoms. The van der Waals surface area contributed by atoms with Gasteiger partial charge in [-0.25, -0.2) is 4.98 Å². The summed E-state index contributed by atoms with van der Waals surface area (Å²) in [4.78, 5) is 8.69. The molecule has 0 radical (unpaired) electrons. The van der Waals surface area contributed by atoms with Crippen LogP contribution in [0.4, 0.5) is 17.5 Å². The molecule has 5 nitrogen and oxygen atoms in total. The van der Waals surface area contributed by atoms with E-state index in [0.29, 0.717) is 16.7 Å². The van der Waals surface area contributed by atoms with Crippen LogP contribution in [-0.4, -0.2) is 23.6 Å². The summed E-state index contributed by atoms with van der Waals surface area (Å²) in [5, 5.41) is 7.12. The van der Waals surface area contributed by atoms with Crippen LogP contribution in [-0.2, 0) is 0 Å². The molecule has 0 fully saturated rings. The average Bonchev–Trinajstić information content (AvgIpc) is 2.51. The zero-order valence-corrected chi connectivity index (χ0v) is 13.9. The summed E-state index contributed by atoms with van der Waals surface area (Å²) >= 11 is 6.11. The Bertz CT molecular complexity index is 634. The Morgan fingerprint density at radius 2 is 2.14 bits per heavy atom. The maximum absolute atomic E-state index is 6.11. The fraction of sp³-hybridized carbons (Fsp3) is 0.375. The van der Waals surface area contributed by atoms with Crippen molar-refractivity contribution in [2.45, 2.75) is 26.7 Å². The van der Waals surface area contributed by atoms with E-state index in [-0.39, 0.29) is 0 Å². The van der Waals surface area contributed by atoms with Crippen molar-refractivity contribution in [3.63, 3.8) is 0 Å². The number of aromatic nitrogens is 2. The van der Waals surface area contributed by atoms with Gasteiger partial charge in [-0.1, -0.05) is 24.9 Å². The highest BCUT2D eigenvalue weighted by atomic mass is 35.5. The molecule has 0 spiro atoms. The lowest BCUT2D eigenvalue weighted by Crippen LogP contribution is -2.05. The Morgan fingerprint density at radius 3 is 2.86 bits per heavy atom. The van der Waals surface area contributed by atoms with Crippen molar-refractivity contribution in [3.05, 3.63) is 35.0 Å². The molecule has 0 atom stereocenters. The Balaban J connectivity index is 2.16. The number of aryl methyl sites for hydroxylation is 1. The highest BCUT2D eigenvalue weighted by Gasteiger charge is 2.09. The van der Waals surface area contributed by atoms with Gasteiger partial charge in [0.15, 0.2) is 0 Å². The minimum absolute atomic E-state index is 0.515. The first-order chi connectivity index (χ1) is 10.6. The number of nitrogens with one attached hydrogen (secondary N) is 2. The Kier molecular flexibility index (Phi) is 5.83. The Morgan fingerprint density at radius 1 is 1.32 bits per heavy atom. The van der Waals surface area contributed by atoms with Crippen LogP contribution in [0.25, 0.3) is 0 Å². The molecule has 0 aliphatic heterocycles. The Labute approximate surface area is 136 Å². The van der Waals surface area contributed by atoms with Gasteiger partial charge in [-0.3, -0.25) is 0 Å². The normalized spacial score (nSPS) is 10.4. The summed E-state index contributed by atoms with van der Waals surface area (Å²) in [5.74, 6) is 1.97. The van der Waals surface area contributed by atoms with Crippen LogP contribution < -0.4 is 15.4 Å². The zero-order chi connectivity index (χ0) is 15.9. The minimum Gasteiger partial charge on any atom is -0.495 e. The molecule has 1 heterocycles. The number of unbranched alkanes of at least 4 members (excludes halogenated alkanes) is 1. The van der Waals surface area contributed by atoms with Crippen molar-refractivity contribution in [3.8, 4) is 5.75 Å². The first-order valence-corrected chi connectivity index (χ1v) is 7.70. The molecule has 2 aromatic rings. The van der Waals surface area contributed by atoms with Crippen molar-refractivity contribution in [2.75, 3.05) is 24.3 Å². The van der Waals surface area contributed by atoms with Crippen molar-refractivity contribution in [1.29, 1.82) is 0 Å². The largest absolute Gasteiger partial charge is 0.495 e. The molecule has 0 saturated carbocycles. The molecule has 0 unspecified atom stereocenters. The third-order valence-corrected chi connectivity index (χ3v) is 3.63. The SMILES string of the molecule is CCCCNc1ccnc(Nc2cc(C)c(Cl)cc2OC)n1. The summed E-state index contributed by atoms with van der Waals surface area (Å²) in [6, 6.07) is 5.55. The maximum atomic E-state index is 6.11. The van der Waals surface area contributed by atoms with Crippen molar-refractivity contribution < 1.29 is 4.74 Å². The van der Waals surface area contributed by atoms with Gasteiger partial charge >= 0.3 is 0 Å². The number of ether oxygens (including phenoxy) is 1. The van der Waals surface area contributed by atoms with Crippen LogP contribution >= 0.6 is 11.6 Å². The van der Waals surface area contributed by atoms with Gasteiger partial charge in [-0.2, -0.15) is 4.98 Å². The molecule has 6 heteroatoms. The number of rotatable bonds is 7. The predicted octanol–water partition coefficient (Wildman–Crippen LogP) is 4.40. The standard InChI is InChI=1S/C16H21ClN4O/c1-4-5-7-18-15-6-8-19-16(21-15)20-13-9-11(2)12(17)10-14(13)22-3/h6,8-10H,4-5,7H2,1-3H3,(H2,18,19,20,21). The number of methoxy groups -OCH3 is 1. The molecule has 118 valence electrons. The average molecular weight is 321 g/mol. The third kappa shape index (κ3) is 4.24. The molecular formula is C16H21ClN4O. The molecular weight excluding hydrogens is 300 g/mol. The summed E-state index contributed by atoms with van der Waals surface area (Å²) in [5.41, 5.74) is 1.75. The highest BCUT2D eigenvalue weighted by molar-refractivity contribution is 6.31. The fourth-order valence-corrected chi connectivity index (χ4v) is 2.11. The number of hydrogen-bond donors (Lipinski definition) is 2. The fourth-order valence-electron chi connectivity index (χ4n) is 1.96. The van der Waals surface area contributed by atoms with E-state index >= 15 is 0 Å². The van der Waals surface area contributed by atoms with Crippen LogP contribution in [0.5, 0.6) is 5.75 Å². The van der Waals surface area contributed by atoms with Crippen LogP contribution in [0.2, 0.25) is 5.02 Å². The van der Waals surface area contributed by atoms with Gasteiger partial charge in [0.2, 0.25) is 5.95 Å². The maximum Gasteiger partial charge on any atom is 0.229 e. The quantitative estimate of drug-likeness (QED) is 0.740. The summed E-state index contributed by atoms with van der Waals surface area (Å²) in [6.45, 7) is 5.00. The smallest absolute Gasteiger partial charge is 0.229 e. The van der Waals surface area contributed by atoms with Gasteiger partial charge in [-0.05, 0) is 31.0 Å². The van der Waals surface area contributed by atoms with Crippen LogP contribution in [0, 0.1) is 6.92 Å². The second kappa shape index (κ2) is 7.84. The van der Waals surface area contributed by atoms with E-state index in [4.69, 9.17) is 16.3 Å². The number of nitrogens with zero attached hydrogens (tertiary/aromatic N) is 2. The summed E-state index contributed by atoms with van der Waals surface area (Å²) < 4.78 is 5.34. The van der Waals surface area contributed by atoms with Crippen molar-refractivity contribution >= 4 is 29.1 Å². The second-order valence-electron chi connectivity index (χ2n) is 4.97. The first-order valence-electron chi connectivity index (χ1n) is 7.32. The molecule has 2 N–H and O–H groups in total. The molecule has 0 aliphatic rings. The highest BCUT2D eigenvalue weighted by Crippen LogP contribution is 2.32. The molecule has 0 saturated heterocycles. The van der Waals surface area contributed by atoms with Gasteiger partial charge in [-0.15, -0.1) is 0 Å². The lowest BCUT2D eigenvalue weighted by molar-refractivity contribution is 0.416. The topological polar surface area (TPSA) is 59.1 Å². The van der Waals surface area contributed by atoms with E-state index in [1.165, 1.54) is 0 Å². The van der Waals surface area contributed by atoms with Gasteiger partial charge in [0.25, 0.3) is 0 Å². The summed E-state index contributed by atoms with van der Waals surface area (Å²) in [7, 11) is 1.61. The summed E-state index contributed by atoms with van der Waals surface area (Å²) in [6.07, 6.45) is 3.97. The van der Waals surface area contributed by atoms with E-state index in [9.17, 15) is 0 Å². The van der Waals surface area contributed by atoms with E-state index in [0.717, 1.165) is 36.5 Å². The van der Waals surface area contributed by atoms with Gasteiger partial charge < -0.3 is 15.4 Å². The van der Waals surface area contributed by atoms with Crippen molar-refractivity contribution in [1.82, 2.24) is 9.97 Å². The van der Waals surface area contributed by atoms with Crippen LogP contribution in [0.1, 0.15) is 25.3 Å². The minimum atomic E-state index is 0.515. The van der Waals surface area contributed by atoms with E-state index in [2.05, 4.69) is 27.5 Å². The van der Waals surface area contributed by atoms with Crippen molar-refractivity contribution in [2.24, 2.45) is 0 Å². The van der Waals surface area contributed by atoms with E-state index in [1.54, 1.807) is 19.4 Å². The number of anilines is 3. The van der Waals surface area contributed by atoms with Gasteiger partial charge in [0.05, 0.1) is 12.8 Å². The number of benzene rings is 1. The molecule has 0 aliphatic carbocycles. The monoisotopic (exact) mass is 320 g/mol. The lowest BCUT2D eigenvalue weighted by atomic mass is 10.2. The van der Waals surface area contributed by atoms with Crippen LogP contribution in [0.3, 0.4) is 0 Å². The molecule has 0 bridgehead atoms. The number of halogens is 1. The molecule has 0 amide bonds. The van der Waals surface area contributed by atoms with Crippen LogP contribution in [0.15, 0.2) is 24.4 Å². The molecule has 1 aromatic carbocycles. The third-order valence-electron chi connectivity index (χ3n) is 3.22.